The summed E-state index contributed by atoms with van der Waals surface area (Å²) in [5.74, 6) is -0.311. The lowest BCUT2D eigenvalue weighted by molar-refractivity contribution is -0.137. The highest BCUT2D eigenvalue weighted by molar-refractivity contribution is 7.92. The molecule has 164 valence electrons. The summed E-state index contributed by atoms with van der Waals surface area (Å²) in [4.78, 5) is 1.53. The van der Waals surface area contributed by atoms with Crippen LogP contribution in [0.25, 0.3) is 0 Å². The van der Waals surface area contributed by atoms with E-state index in [4.69, 9.17) is 16.3 Å². The summed E-state index contributed by atoms with van der Waals surface area (Å²) in [6.45, 7) is 0.830. The summed E-state index contributed by atoms with van der Waals surface area (Å²) in [6, 6.07) is 10.6. The first-order valence-corrected chi connectivity index (χ1v) is 11.4. The Balaban J connectivity index is 2.10. The molecular formula is C21H23ClF3NO3S. The minimum atomic E-state index is -4.63. The van der Waals surface area contributed by atoms with Gasteiger partial charge in [-0.25, -0.2) is 8.42 Å². The van der Waals surface area contributed by atoms with Crippen LogP contribution in [-0.4, -0.2) is 45.8 Å². The van der Waals surface area contributed by atoms with Crippen molar-refractivity contribution in [3.8, 4) is 0 Å². The van der Waals surface area contributed by atoms with Crippen LogP contribution in [0.5, 0.6) is 0 Å². The zero-order chi connectivity index (χ0) is 22.1. The second-order valence-electron chi connectivity index (χ2n) is 7.69. The van der Waals surface area contributed by atoms with Crippen molar-refractivity contribution in [1.82, 2.24) is 4.90 Å². The molecule has 2 aromatic rings. The Kier molecular flexibility index (Phi) is 6.81. The van der Waals surface area contributed by atoms with E-state index in [0.717, 1.165) is 12.1 Å². The number of halogens is 4. The van der Waals surface area contributed by atoms with Crippen molar-refractivity contribution in [2.45, 2.75) is 28.8 Å². The molecule has 0 aliphatic carbocycles. The number of rotatable bonds is 5. The molecule has 0 spiro atoms. The third-order valence-corrected chi connectivity index (χ3v) is 7.71. The SMILES string of the molecule is CN(C)CC1CCOC(c2ccc(Cl)cc2)C1S(=O)(=O)c1cccc(C(F)(F)F)c1. The van der Waals surface area contributed by atoms with Gasteiger partial charge in [0.05, 0.1) is 16.6 Å². The lowest BCUT2D eigenvalue weighted by Gasteiger charge is -2.39. The lowest BCUT2D eigenvalue weighted by Crippen LogP contribution is -2.45. The van der Waals surface area contributed by atoms with Gasteiger partial charge in [-0.15, -0.1) is 0 Å². The fourth-order valence-corrected chi connectivity index (χ4v) is 6.17. The maximum absolute atomic E-state index is 13.6. The molecule has 0 saturated carbocycles. The number of benzene rings is 2. The Morgan fingerprint density at radius 2 is 1.80 bits per heavy atom. The van der Waals surface area contributed by atoms with Crippen molar-refractivity contribution in [1.29, 1.82) is 0 Å². The van der Waals surface area contributed by atoms with E-state index in [1.165, 1.54) is 6.07 Å². The molecule has 9 heteroatoms. The lowest BCUT2D eigenvalue weighted by atomic mass is 9.91. The average Bonchev–Trinajstić information content (AvgIpc) is 2.67. The molecule has 3 unspecified atom stereocenters. The molecule has 1 heterocycles. The molecule has 3 atom stereocenters. The standard InChI is InChI=1S/C21H23ClF3NO3S/c1-26(2)13-15-10-11-29-19(14-6-8-17(22)9-7-14)20(15)30(27,28)18-5-3-4-16(12-18)21(23,24)25/h3-9,12,15,19-20H,10-11,13H2,1-2H3. The first kappa shape index (κ1) is 23.1. The number of ether oxygens (including phenoxy) is 1. The van der Waals surface area contributed by atoms with Gasteiger partial charge < -0.3 is 9.64 Å². The fourth-order valence-electron chi connectivity index (χ4n) is 3.88. The van der Waals surface area contributed by atoms with Gasteiger partial charge >= 0.3 is 6.18 Å². The maximum atomic E-state index is 13.6. The third-order valence-electron chi connectivity index (χ3n) is 5.20. The molecule has 0 amide bonds. The highest BCUT2D eigenvalue weighted by atomic mass is 35.5. The fraction of sp³-hybridized carbons (Fsp3) is 0.429. The minimum absolute atomic E-state index is 0.311. The van der Waals surface area contributed by atoms with Crippen LogP contribution in [0, 0.1) is 5.92 Å². The topological polar surface area (TPSA) is 46.6 Å². The second-order valence-corrected chi connectivity index (χ2v) is 10.2. The highest BCUT2D eigenvalue weighted by Crippen LogP contribution is 2.41. The van der Waals surface area contributed by atoms with Gasteiger partial charge in [0.25, 0.3) is 0 Å². The van der Waals surface area contributed by atoms with Gasteiger partial charge in [-0.1, -0.05) is 29.8 Å². The van der Waals surface area contributed by atoms with Crippen LogP contribution in [0.3, 0.4) is 0 Å². The smallest absolute Gasteiger partial charge is 0.372 e. The molecule has 1 aliphatic heterocycles. The monoisotopic (exact) mass is 461 g/mol. The van der Waals surface area contributed by atoms with Gasteiger partial charge in [0, 0.05) is 18.2 Å². The number of hydrogen-bond donors (Lipinski definition) is 0. The van der Waals surface area contributed by atoms with Crippen LogP contribution >= 0.6 is 11.6 Å². The van der Waals surface area contributed by atoms with Crippen molar-refractivity contribution >= 4 is 21.4 Å². The molecule has 3 rings (SSSR count). The zero-order valence-corrected chi connectivity index (χ0v) is 18.1. The van der Waals surface area contributed by atoms with Crippen LogP contribution < -0.4 is 0 Å². The molecule has 1 aliphatic rings. The normalized spacial score (nSPS) is 23.0. The molecule has 2 aromatic carbocycles. The number of nitrogens with zero attached hydrogens (tertiary/aromatic N) is 1. The molecule has 0 bridgehead atoms. The third kappa shape index (κ3) is 4.99. The van der Waals surface area contributed by atoms with Crippen molar-refractivity contribution in [3.63, 3.8) is 0 Å². The molecule has 4 nitrogen and oxygen atoms in total. The molecule has 1 saturated heterocycles. The van der Waals surface area contributed by atoms with Gasteiger partial charge in [0.1, 0.15) is 5.25 Å². The summed E-state index contributed by atoms with van der Waals surface area (Å²) in [5, 5.41) is -0.532. The van der Waals surface area contributed by atoms with E-state index in [9.17, 15) is 21.6 Å². The van der Waals surface area contributed by atoms with Crippen LogP contribution in [0.1, 0.15) is 23.7 Å². The largest absolute Gasteiger partial charge is 0.416 e. The summed E-state index contributed by atoms with van der Waals surface area (Å²) in [7, 11) is -0.464. The van der Waals surface area contributed by atoms with E-state index in [1.807, 2.05) is 19.0 Å². The first-order chi connectivity index (χ1) is 14.0. The summed E-state index contributed by atoms with van der Waals surface area (Å²) in [6.07, 6.45) is -4.95. The highest BCUT2D eigenvalue weighted by Gasteiger charge is 2.45. The van der Waals surface area contributed by atoms with Crippen LogP contribution in [0.4, 0.5) is 13.2 Å². The number of alkyl halides is 3. The quantitative estimate of drug-likeness (QED) is 0.639. The maximum Gasteiger partial charge on any atom is 0.416 e. The summed E-state index contributed by atoms with van der Waals surface area (Å²) in [5.41, 5.74) is -0.365. The molecular weight excluding hydrogens is 439 g/mol. The van der Waals surface area contributed by atoms with Crippen molar-refractivity contribution < 1.29 is 26.3 Å². The number of hydrogen-bond acceptors (Lipinski definition) is 4. The Morgan fingerprint density at radius 1 is 1.13 bits per heavy atom. The van der Waals surface area contributed by atoms with Crippen molar-refractivity contribution in [3.05, 3.63) is 64.7 Å². The van der Waals surface area contributed by atoms with Gasteiger partial charge in [0.15, 0.2) is 9.84 Å². The first-order valence-electron chi connectivity index (χ1n) is 9.43. The van der Waals surface area contributed by atoms with Crippen molar-refractivity contribution in [2.24, 2.45) is 5.92 Å². The van der Waals surface area contributed by atoms with Crippen molar-refractivity contribution in [2.75, 3.05) is 27.2 Å². The minimum Gasteiger partial charge on any atom is -0.372 e. The predicted octanol–water partition coefficient (Wildman–Crippen LogP) is 4.84. The summed E-state index contributed by atoms with van der Waals surface area (Å²) < 4.78 is 72.7. The Hall–Kier alpha value is -1.61. The predicted molar refractivity (Wildman–Crippen MR) is 109 cm³/mol. The van der Waals surface area contributed by atoms with Gasteiger partial charge in [-0.2, -0.15) is 13.2 Å². The van der Waals surface area contributed by atoms with E-state index in [0.29, 0.717) is 36.2 Å². The summed E-state index contributed by atoms with van der Waals surface area (Å²) >= 11 is 5.96. The Labute approximate surface area is 179 Å². The van der Waals surface area contributed by atoms with E-state index in [1.54, 1.807) is 24.3 Å². The Morgan fingerprint density at radius 3 is 2.40 bits per heavy atom. The number of sulfone groups is 1. The van der Waals surface area contributed by atoms with Gasteiger partial charge in [-0.3, -0.25) is 0 Å². The molecule has 0 N–H and O–H groups in total. The van der Waals surface area contributed by atoms with Gasteiger partial charge in [-0.05, 0) is 62.3 Å². The Bertz CT molecular complexity index is 978. The van der Waals surface area contributed by atoms with Crippen LogP contribution in [0.2, 0.25) is 5.02 Å². The molecule has 30 heavy (non-hydrogen) atoms. The van der Waals surface area contributed by atoms with E-state index < -0.39 is 32.9 Å². The van der Waals surface area contributed by atoms with E-state index >= 15 is 0 Å². The molecule has 1 fully saturated rings. The average molecular weight is 462 g/mol. The molecule has 0 aromatic heterocycles. The molecule has 0 radical (unpaired) electrons. The second kappa shape index (κ2) is 8.86. The van der Waals surface area contributed by atoms with Crippen LogP contribution in [-0.2, 0) is 20.8 Å². The van der Waals surface area contributed by atoms with E-state index in [-0.39, 0.29) is 10.8 Å². The van der Waals surface area contributed by atoms with Gasteiger partial charge in [0.2, 0.25) is 0 Å². The zero-order valence-electron chi connectivity index (χ0n) is 16.6. The van der Waals surface area contributed by atoms with Crippen LogP contribution in [0.15, 0.2) is 53.4 Å². The van der Waals surface area contributed by atoms with E-state index in [2.05, 4.69) is 0 Å².